The quantitative estimate of drug-likeness (QED) is 0.700. The second-order valence-electron chi connectivity index (χ2n) is 5.74. The van der Waals surface area contributed by atoms with E-state index in [2.05, 4.69) is 15.4 Å². The van der Waals surface area contributed by atoms with Crippen molar-refractivity contribution in [2.75, 3.05) is 13.7 Å². The number of alkyl carbamates (subject to hydrolysis) is 1. The monoisotopic (exact) mass is 334 g/mol. The van der Waals surface area contributed by atoms with Gasteiger partial charge in [-0.2, -0.15) is 0 Å². The van der Waals surface area contributed by atoms with Crippen LogP contribution >= 0.6 is 0 Å². The predicted octanol–water partition coefficient (Wildman–Crippen LogP) is 1.37. The smallest absolute Gasteiger partial charge is 0.407 e. The van der Waals surface area contributed by atoms with Gasteiger partial charge in [0.2, 0.25) is 5.91 Å². The van der Waals surface area contributed by atoms with Crippen LogP contribution in [-0.4, -0.2) is 37.7 Å². The first-order chi connectivity index (χ1) is 11.6. The van der Waals surface area contributed by atoms with Crippen LogP contribution in [0.2, 0.25) is 0 Å². The number of benzene rings is 1. The minimum absolute atomic E-state index is 0.126. The second kappa shape index (κ2) is 8.90. The van der Waals surface area contributed by atoms with Crippen LogP contribution in [0, 0.1) is 5.92 Å². The van der Waals surface area contributed by atoms with Gasteiger partial charge >= 0.3 is 12.1 Å². The summed E-state index contributed by atoms with van der Waals surface area (Å²) in [6.07, 6.45) is 2.00. The molecule has 1 aliphatic carbocycles. The Labute approximate surface area is 140 Å². The molecule has 2 rings (SSSR count). The molecule has 1 aromatic carbocycles. The summed E-state index contributed by atoms with van der Waals surface area (Å²) in [5.41, 5.74) is 0.854. The zero-order valence-corrected chi connectivity index (χ0v) is 13.6. The molecular weight excluding hydrogens is 312 g/mol. The van der Waals surface area contributed by atoms with Gasteiger partial charge in [-0.3, -0.25) is 4.79 Å². The van der Waals surface area contributed by atoms with E-state index in [1.807, 2.05) is 30.3 Å². The third-order valence-electron chi connectivity index (χ3n) is 3.69. The van der Waals surface area contributed by atoms with Crippen molar-refractivity contribution in [3.63, 3.8) is 0 Å². The standard InChI is InChI=1S/C17H22N2O5/c1-23-16(21)14(9-12-7-8-12)19-15(20)10-18-17(22)24-11-13-5-3-2-4-6-13/h2-6,12,14H,7-11H2,1H3,(H,18,22)(H,19,20)/t14-/m1/s1. The number of ether oxygens (including phenoxy) is 2. The fourth-order valence-corrected chi connectivity index (χ4v) is 2.22. The van der Waals surface area contributed by atoms with Gasteiger partial charge in [-0.25, -0.2) is 9.59 Å². The van der Waals surface area contributed by atoms with E-state index in [0.717, 1.165) is 18.4 Å². The first-order valence-electron chi connectivity index (χ1n) is 7.90. The molecule has 7 heteroatoms. The lowest BCUT2D eigenvalue weighted by molar-refractivity contribution is -0.145. The van der Waals surface area contributed by atoms with Crippen LogP contribution in [0.3, 0.4) is 0 Å². The van der Waals surface area contributed by atoms with Gasteiger partial charge in [0, 0.05) is 0 Å². The number of nitrogens with one attached hydrogen (secondary N) is 2. The Hall–Kier alpha value is -2.57. The van der Waals surface area contributed by atoms with E-state index in [1.165, 1.54) is 7.11 Å². The summed E-state index contributed by atoms with van der Waals surface area (Å²) < 4.78 is 9.69. The van der Waals surface area contributed by atoms with Gasteiger partial charge in [0.05, 0.1) is 7.11 Å². The van der Waals surface area contributed by atoms with E-state index >= 15 is 0 Å². The average molecular weight is 334 g/mol. The lowest BCUT2D eigenvalue weighted by Gasteiger charge is -2.16. The number of amides is 2. The van der Waals surface area contributed by atoms with Gasteiger partial charge < -0.3 is 20.1 Å². The maximum Gasteiger partial charge on any atom is 0.407 e. The van der Waals surface area contributed by atoms with Crippen molar-refractivity contribution in [3.05, 3.63) is 35.9 Å². The molecule has 1 aliphatic rings. The van der Waals surface area contributed by atoms with Gasteiger partial charge in [-0.05, 0) is 17.9 Å². The zero-order chi connectivity index (χ0) is 17.4. The molecule has 7 nitrogen and oxygen atoms in total. The van der Waals surface area contributed by atoms with Crippen LogP contribution in [0.25, 0.3) is 0 Å². The highest BCUT2D eigenvalue weighted by molar-refractivity contribution is 5.87. The highest BCUT2D eigenvalue weighted by Gasteiger charge is 2.30. The Kier molecular flexibility index (Phi) is 6.60. The summed E-state index contributed by atoms with van der Waals surface area (Å²) in [5, 5.41) is 4.94. The summed E-state index contributed by atoms with van der Waals surface area (Å²) in [6.45, 7) is -0.132. The van der Waals surface area contributed by atoms with Gasteiger partial charge in [0.1, 0.15) is 19.2 Å². The average Bonchev–Trinajstić information content (AvgIpc) is 3.41. The Morgan fingerprint density at radius 1 is 1.21 bits per heavy atom. The Morgan fingerprint density at radius 3 is 2.54 bits per heavy atom. The lowest BCUT2D eigenvalue weighted by atomic mass is 10.1. The zero-order valence-electron chi connectivity index (χ0n) is 13.6. The first-order valence-corrected chi connectivity index (χ1v) is 7.90. The minimum atomic E-state index is -0.689. The largest absolute Gasteiger partial charge is 0.467 e. The first kappa shape index (κ1) is 17.8. The van der Waals surface area contributed by atoms with Gasteiger partial charge in [-0.15, -0.1) is 0 Å². The molecule has 0 unspecified atom stereocenters. The topological polar surface area (TPSA) is 93.7 Å². The van der Waals surface area contributed by atoms with Gasteiger partial charge in [0.15, 0.2) is 0 Å². The third kappa shape index (κ3) is 6.28. The summed E-state index contributed by atoms with van der Waals surface area (Å²) in [7, 11) is 1.29. The minimum Gasteiger partial charge on any atom is -0.467 e. The summed E-state index contributed by atoms with van der Waals surface area (Å²) in [4.78, 5) is 35.1. The lowest BCUT2D eigenvalue weighted by Crippen LogP contribution is -2.46. The number of carbonyl (C=O) groups is 3. The van der Waals surface area contributed by atoms with E-state index in [-0.39, 0.29) is 13.2 Å². The fraction of sp³-hybridized carbons (Fsp3) is 0.471. The number of carbonyl (C=O) groups excluding carboxylic acids is 3. The van der Waals surface area contributed by atoms with Gasteiger partial charge in [-0.1, -0.05) is 43.2 Å². The molecule has 0 spiro atoms. The molecule has 1 fully saturated rings. The van der Waals surface area contributed by atoms with Crippen molar-refractivity contribution in [2.45, 2.75) is 31.9 Å². The van der Waals surface area contributed by atoms with Crippen LogP contribution in [0.15, 0.2) is 30.3 Å². The maximum atomic E-state index is 11.9. The maximum absolute atomic E-state index is 11.9. The molecule has 0 radical (unpaired) electrons. The Morgan fingerprint density at radius 2 is 1.92 bits per heavy atom. The van der Waals surface area contributed by atoms with E-state index in [9.17, 15) is 14.4 Å². The SMILES string of the molecule is COC(=O)[C@@H](CC1CC1)NC(=O)CNC(=O)OCc1ccccc1. The van der Waals surface area contributed by atoms with Crippen LogP contribution in [0.1, 0.15) is 24.8 Å². The van der Waals surface area contributed by atoms with Crippen LogP contribution in [-0.2, 0) is 25.7 Å². The highest BCUT2D eigenvalue weighted by atomic mass is 16.5. The van der Waals surface area contributed by atoms with Crippen molar-refractivity contribution >= 4 is 18.0 Å². The van der Waals surface area contributed by atoms with Crippen molar-refractivity contribution in [1.29, 1.82) is 0 Å². The van der Waals surface area contributed by atoms with Gasteiger partial charge in [0.25, 0.3) is 0 Å². The molecule has 1 saturated carbocycles. The van der Waals surface area contributed by atoms with E-state index in [1.54, 1.807) is 0 Å². The molecule has 130 valence electrons. The molecule has 0 aromatic heterocycles. The Bertz CT molecular complexity index is 572. The molecule has 0 bridgehead atoms. The normalized spacial score (nSPS) is 14.4. The summed E-state index contributed by atoms with van der Waals surface area (Å²) >= 11 is 0. The number of hydrogen-bond acceptors (Lipinski definition) is 5. The second-order valence-corrected chi connectivity index (χ2v) is 5.74. The summed E-state index contributed by atoms with van der Waals surface area (Å²) in [5.74, 6) is -0.470. The third-order valence-corrected chi connectivity index (χ3v) is 3.69. The number of methoxy groups -OCH3 is 1. The van der Waals surface area contributed by atoms with Crippen LogP contribution in [0.5, 0.6) is 0 Å². The molecule has 0 heterocycles. The summed E-state index contributed by atoms with van der Waals surface area (Å²) in [6, 6.07) is 8.55. The molecular formula is C17H22N2O5. The predicted molar refractivity (Wildman–Crippen MR) is 85.9 cm³/mol. The van der Waals surface area contributed by atoms with Crippen LogP contribution < -0.4 is 10.6 Å². The molecule has 0 aliphatic heterocycles. The fourth-order valence-electron chi connectivity index (χ4n) is 2.22. The number of hydrogen-bond donors (Lipinski definition) is 2. The number of rotatable bonds is 8. The molecule has 24 heavy (non-hydrogen) atoms. The number of esters is 1. The van der Waals surface area contributed by atoms with E-state index in [0.29, 0.717) is 12.3 Å². The van der Waals surface area contributed by atoms with Crippen molar-refractivity contribution in [2.24, 2.45) is 5.92 Å². The molecule has 2 amide bonds. The molecule has 2 N–H and O–H groups in total. The van der Waals surface area contributed by atoms with Crippen LogP contribution in [0.4, 0.5) is 4.79 Å². The van der Waals surface area contributed by atoms with E-state index < -0.39 is 24.0 Å². The van der Waals surface area contributed by atoms with E-state index in [4.69, 9.17) is 4.74 Å². The Balaban J connectivity index is 1.68. The van der Waals surface area contributed by atoms with Crippen molar-refractivity contribution in [3.8, 4) is 0 Å². The van der Waals surface area contributed by atoms with Crippen molar-refractivity contribution < 1.29 is 23.9 Å². The molecule has 0 saturated heterocycles. The van der Waals surface area contributed by atoms with Crippen molar-refractivity contribution in [1.82, 2.24) is 10.6 Å². The highest BCUT2D eigenvalue weighted by Crippen LogP contribution is 2.33. The molecule has 1 atom stereocenters. The molecule has 1 aromatic rings.